The summed E-state index contributed by atoms with van der Waals surface area (Å²) in [7, 11) is 1.56. The van der Waals surface area contributed by atoms with Crippen LogP contribution in [0.3, 0.4) is 0 Å². The van der Waals surface area contributed by atoms with Crippen molar-refractivity contribution in [3.63, 3.8) is 0 Å². The predicted molar refractivity (Wildman–Crippen MR) is 72.7 cm³/mol. The Kier molecular flexibility index (Phi) is 5.01. The number of hydrogen-bond acceptors (Lipinski definition) is 5. The fourth-order valence-electron chi connectivity index (χ4n) is 1.85. The highest BCUT2D eigenvalue weighted by Crippen LogP contribution is 2.20. The molecule has 1 amide bonds. The second-order valence-corrected chi connectivity index (χ2v) is 5.18. The van der Waals surface area contributed by atoms with Crippen LogP contribution >= 0.6 is 0 Å². The normalized spacial score (nSPS) is 11.2. The van der Waals surface area contributed by atoms with E-state index in [0.29, 0.717) is 6.42 Å². The van der Waals surface area contributed by atoms with Gasteiger partial charge in [-0.05, 0) is 20.3 Å². The Bertz CT molecular complexity index is 552. The van der Waals surface area contributed by atoms with E-state index in [-0.39, 0.29) is 24.6 Å². The number of hydrogen-bond donors (Lipinski definition) is 1. The molecule has 0 atom stereocenters. The van der Waals surface area contributed by atoms with E-state index in [1.54, 1.807) is 20.9 Å². The largest absolute Gasteiger partial charge is 0.481 e. The SMILES string of the molecule is CN(CCCC(=O)O)C(=O)C(C)(C)n1cc([N+](=O)[O-])cn1. The minimum Gasteiger partial charge on any atom is -0.481 e. The first kappa shape index (κ1) is 16.6. The highest BCUT2D eigenvalue weighted by atomic mass is 16.6. The third-order valence-corrected chi connectivity index (χ3v) is 3.11. The van der Waals surface area contributed by atoms with Gasteiger partial charge in [0.25, 0.3) is 0 Å². The van der Waals surface area contributed by atoms with E-state index in [9.17, 15) is 19.7 Å². The van der Waals surface area contributed by atoms with E-state index in [2.05, 4.69) is 5.10 Å². The number of carbonyl (C=O) groups excluding carboxylic acids is 1. The van der Waals surface area contributed by atoms with Crippen molar-refractivity contribution in [1.29, 1.82) is 0 Å². The minimum atomic E-state index is -1.09. The molecule has 21 heavy (non-hydrogen) atoms. The summed E-state index contributed by atoms with van der Waals surface area (Å²) in [6, 6.07) is 0. The van der Waals surface area contributed by atoms with Crippen LogP contribution in [0.15, 0.2) is 12.4 Å². The molecule has 0 saturated carbocycles. The zero-order chi connectivity index (χ0) is 16.2. The first-order chi connectivity index (χ1) is 9.66. The van der Waals surface area contributed by atoms with E-state index >= 15 is 0 Å². The van der Waals surface area contributed by atoms with E-state index in [0.717, 1.165) is 6.20 Å². The molecule has 1 N–H and O–H groups in total. The van der Waals surface area contributed by atoms with Crippen LogP contribution in [0, 0.1) is 10.1 Å². The van der Waals surface area contributed by atoms with Crippen LogP contribution < -0.4 is 0 Å². The maximum atomic E-state index is 12.4. The molecule has 9 nitrogen and oxygen atoms in total. The quantitative estimate of drug-likeness (QED) is 0.588. The average molecular weight is 298 g/mol. The summed E-state index contributed by atoms with van der Waals surface area (Å²) >= 11 is 0. The molecule has 1 aromatic rings. The molecule has 9 heteroatoms. The Morgan fingerprint density at radius 3 is 2.62 bits per heavy atom. The Morgan fingerprint density at radius 2 is 2.14 bits per heavy atom. The lowest BCUT2D eigenvalue weighted by molar-refractivity contribution is -0.385. The molecule has 1 rings (SSSR count). The van der Waals surface area contributed by atoms with Gasteiger partial charge in [0.05, 0.1) is 4.92 Å². The third-order valence-electron chi connectivity index (χ3n) is 3.11. The van der Waals surface area contributed by atoms with Crippen LogP contribution in [0.1, 0.15) is 26.7 Å². The monoisotopic (exact) mass is 298 g/mol. The van der Waals surface area contributed by atoms with Crippen molar-refractivity contribution in [2.24, 2.45) is 0 Å². The summed E-state index contributed by atoms with van der Waals surface area (Å²) < 4.78 is 1.24. The minimum absolute atomic E-state index is 0.0225. The van der Waals surface area contributed by atoms with Crippen molar-refractivity contribution in [2.75, 3.05) is 13.6 Å². The molecule has 0 aliphatic heterocycles. The van der Waals surface area contributed by atoms with Gasteiger partial charge in [0, 0.05) is 20.0 Å². The molecule has 0 aliphatic rings. The van der Waals surface area contributed by atoms with Crippen LogP contribution in [-0.4, -0.2) is 50.2 Å². The van der Waals surface area contributed by atoms with Gasteiger partial charge in [-0.15, -0.1) is 0 Å². The number of nitrogens with zero attached hydrogens (tertiary/aromatic N) is 4. The van der Waals surface area contributed by atoms with Crippen molar-refractivity contribution in [2.45, 2.75) is 32.2 Å². The summed E-state index contributed by atoms with van der Waals surface area (Å²) in [6.45, 7) is 3.48. The maximum Gasteiger partial charge on any atom is 0.307 e. The van der Waals surface area contributed by atoms with Crippen LogP contribution in [0.5, 0.6) is 0 Å². The van der Waals surface area contributed by atoms with Crippen LogP contribution in [0.4, 0.5) is 5.69 Å². The Balaban J connectivity index is 2.77. The summed E-state index contributed by atoms with van der Waals surface area (Å²) in [5.41, 5.74) is -1.28. The molecule has 0 aromatic carbocycles. The van der Waals surface area contributed by atoms with Gasteiger partial charge in [-0.3, -0.25) is 24.4 Å². The van der Waals surface area contributed by atoms with Gasteiger partial charge in [-0.2, -0.15) is 5.10 Å². The highest BCUT2D eigenvalue weighted by molar-refractivity contribution is 5.83. The molecule has 0 aliphatic carbocycles. The lowest BCUT2D eigenvalue weighted by atomic mass is 10.0. The topological polar surface area (TPSA) is 119 Å². The predicted octanol–water partition coefficient (Wildman–Crippen LogP) is 0.850. The fourth-order valence-corrected chi connectivity index (χ4v) is 1.85. The lowest BCUT2D eigenvalue weighted by Crippen LogP contribution is -2.46. The first-order valence-corrected chi connectivity index (χ1v) is 6.33. The fraction of sp³-hybridized carbons (Fsp3) is 0.583. The Labute approximate surface area is 121 Å². The van der Waals surface area contributed by atoms with E-state index < -0.39 is 16.4 Å². The van der Waals surface area contributed by atoms with Gasteiger partial charge >= 0.3 is 11.7 Å². The van der Waals surface area contributed by atoms with Gasteiger partial charge in [-0.1, -0.05) is 0 Å². The van der Waals surface area contributed by atoms with Gasteiger partial charge in [0.15, 0.2) is 0 Å². The second kappa shape index (κ2) is 6.33. The van der Waals surface area contributed by atoms with E-state index in [1.807, 2.05) is 0 Å². The smallest absolute Gasteiger partial charge is 0.307 e. The zero-order valence-corrected chi connectivity index (χ0v) is 12.1. The summed E-state index contributed by atoms with van der Waals surface area (Å²) in [4.78, 5) is 34.3. The molecule has 0 saturated heterocycles. The van der Waals surface area contributed by atoms with Gasteiger partial charge in [0.2, 0.25) is 5.91 Å². The van der Waals surface area contributed by atoms with E-state index in [4.69, 9.17) is 5.11 Å². The average Bonchev–Trinajstić information content (AvgIpc) is 2.87. The van der Waals surface area contributed by atoms with Crippen molar-refractivity contribution in [3.8, 4) is 0 Å². The molecule has 0 fully saturated rings. The van der Waals surface area contributed by atoms with Gasteiger partial charge < -0.3 is 10.0 Å². The number of carboxylic acid groups (broad SMARTS) is 1. The number of nitro groups is 1. The number of rotatable bonds is 7. The van der Waals surface area contributed by atoms with Gasteiger partial charge in [0.1, 0.15) is 17.9 Å². The molecule has 1 aromatic heterocycles. The maximum absolute atomic E-state index is 12.4. The van der Waals surface area contributed by atoms with Crippen molar-refractivity contribution >= 4 is 17.6 Å². The third kappa shape index (κ3) is 4.01. The standard InChI is InChI=1S/C12H18N4O5/c1-12(2,15-8-9(7-13-15)16(20)21)11(19)14(3)6-4-5-10(17)18/h7-8H,4-6H2,1-3H3,(H,17,18). The molecule has 1 heterocycles. The summed E-state index contributed by atoms with van der Waals surface area (Å²) in [5, 5.41) is 23.1. The molecule has 0 unspecified atom stereocenters. The molecule has 0 bridgehead atoms. The summed E-state index contributed by atoms with van der Waals surface area (Å²) in [6.07, 6.45) is 2.60. The first-order valence-electron chi connectivity index (χ1n) is 6.33. The van der Waals surface area contributed by atoms with Crippen molar-refractivity contribution in [1.82, 2.24) is 14.7 Å². The van der Waals surface area contributed by atoms with Gasteiger partial charge in [-0.25, -0.2) is 0 Å². The second-order valence-electron chi connectivity index (χ2n) is 5.18. The molecular formula is C12H18N4O5. The lowest BCUT2D eigenvalue weighted by Gasteiger charge is -2.29. The van der Waals surface area contributed by atoms with Crippen molar-refractivity contribution < 1.29 is 19.6 Å². The summed E-state index contributed by atoms with van der Waals surface area (Å²) in [5.74, 6) is -1.22. The number of aromatic nitrogens is 2. The Hall–Kier alpha value is -2.45. The van der Waals surface area contributed by atoms with E-state index in [1.165, 1.54) is 15.8 Å². The Morgan fingerprint density at radius 1 is 1.52 bits per heavy atom. The van der Waals surface area contributed by atoms with Crippen LogP contribution in [0.25, 0.3) is 0 Å². The van der Waals surface area contributed by atoms with Crippen molar-refractivity contribution in [3.05, 3.63) is 22.5 Å². The number of amides is 1. The van der Waals surface area contributed by atoms with Crippen LogP contribution in [-0.2, 0) is 15.1 Å². The zero-order valence-electron chi connectivity index (χ0n) is 12.1. The number of carboxylic acids is 1. The molecule has 0 spiro atoms. The number of carbonyl (C=O) groups is 2. The molecule has 0 radical (unpaired) electrons. The molecular weight excluding hydrogens is 280 g/mol. The number of likely N-dealkylation sites (N-methyl/N-ethyl adjacent to an activating group) is 1. The number of aliphatic carboxylic acids is 1. The molecule has 116 valence electrons. The highest BCUT2D eigenvalue weighted by Gasteiger charge is 2.34. The van der Waals surface area contributed by atoms with Crippen LogP contribution in [0.2, 0.25) is 0 Å².